The van der Waals surface area contributed by atoms with Gasteiger partial charge in [-0.25, -0.2) is 28.2 Å². The van der Waals surface area contributed by atoms with Crippen molar-refractivity contribution in [1.82, 2.24) is 34.3 Å². The molecule has 5 aromatic heterocycles. The summed E-state index contributed by atoms with van der Waals surface area (Å²) in [7, 11) is 0. The second-order valence-corrected chi connectivity index (χ2v) is 8.82. The van der Waals surface area contributed by atoms with Gasteiger partial charge in [-0.3, -0.25) is 14.8 Å². The predicted molar refractivity (Wildman–Crippen MR) is 125 cm³/mol. The molecule has 0 unspecified atom stereocenters. The number of thiophene rings is 1. The molecular formula is C22H14F2N8O2S. The van der Waals surface area contributed by atoms with E-state index in [0.29, 0.717) is 43.2 Å². The number of pyridine rings is 1. The standard InChI is InChI=1S/C22H14F2N8O2S/c1-11-15(32(33)34)8-30(28-11)9-16-27-21-19-18(25-10-31(21)29-16)17-13(12-5-3-2-4-6-12)7-14(20(23)24)26-22(17)35-19/h2-8,10,20H,9H2,1H3. The van der Waals surface area contributed by atoms with Crippen LogP contribution in [0.15, 0.2) is 48.9 Å². The lowest BCUT2D eigenvalue weighted by molar-refractivity contribution is -0.385. The van der Waals surface area contributed by atoms with Crippen molar-refractivity contribution in [1.29, 1.82) is 0 Å². The van der Waals surface area contributed by atoms with Gasteiger partial charge < -0.3 is 0 Å². The average Bonchev–Trinajstić information content (AvgIpc) is 3.53. The van der Waals surface area contributed by atoms with Crippen molar-refractivity contribution >= 4 is 43.1 Å². The number of fused-ring (bicyclic) bond motifs is 5. The summed E-state index contributed by atoms with van der Waals surface area (Å²) in [5.41, 5.74) is 2.38. The summed E-state index contributed by atoms with van der Waals surface area (Å²) in [6, 6.07) is 10.7. The second kappa shape index (κ2) is 7.84. The quantitative estimate of drug-likeness (QED) is 0.247. The number of aryl methyl sites for hydroxylation is 1. The van der Waals surface area contributed by atoms with Crippen molar-refractivity contribution in [2.24, 2.45) is 0 Å². The first kappa shape index (κ1) is 21.2. The van der Waals surface area contributed by atoms with Gasteiger partial charge in [0.15, 0.2) is 11.5 Å². The van der Waals surface area contributed by atoms with Crippen molar-refractivity contribution in [2.45, 2.75) is 19.9 Å². The van der Waals surface area contributed by atoms with Crippen molar-refractivity contribution in [3.8, 4) is 11.1 Å². The zero-order chi connectivity index (χ0) is 24.3. The normalized spacial score (nSPS) is 11.9. The third kappa shape index (κ3) is 3.47. The molecule has 0 amide bonds. The first-order valence-electron chi connectivity index (χ1n) is 10.4. The number of halogens is 2. The maximum Gasteiger partial charge on any atom is 0.309 e. The zero-order valence-corrected chi connectivity index (χ0v) is 18.8. The molecule has 6 aromatic rings. The third-order valence-electron chi connectivity index (χ3n) is 5.56. The molecule has 0 aliphatic heterocycles. The molecule has 6 rings (SSSR count). The Morgan fingerprint density at radius 2 is 1.97 bits per heavy atom. The largest absolute Gasteiger partial charge is 0.309 e. The van der Waals surface area contributed by atoms with Gasteiger partial charge in [-0.05, 0) is 24.1 Å². The number of nitrogens with zero attached hydrogens (tertiary/aromatic N) is 8. The van der Waals surface area contributed by atoms with Crippen LogP contribution in [0.4, 0.5) is 14.5 Å². The smallest absolute Gasteiger partial charge is 0.258 e. The van der Waals surface area contributed by atoms with Crippen molar-refractivity contribution in [2.75, 3.05) is 0 Å². The molecule has 0 bridgehead atoms. The molecular weight excluding hydrogens is 478 g/mol. The first-order chi connectivity index (χ1) is 16.9. The van der Waals surface area contributed by atoms with Gasteiger partial charge in [0.05, 0.1) is 10.4 Å². The minimum atomic E-state index is -2.72. The van der Waals surface area contributed by atoms with Crippen LogP contribution in [0.25, 0.3) is 37.2 Å². The highest BCUT2D eigenvalue weighted by Gasteiger charge is 2.22. The van der Waals surface area contributed by atoms with E-state index in [-0.39, 0.29) is 17.9 Å². The summed E-state index contributed by atoms with van der Waals surface area (Å²) in [6.45, 7) is 1.67. The van der Waals surface area contributed by atoms with E-state index in [1.165, 1.54) is 39.1 Å². The summed E-state index contributed by atoms with van der Waals surface area (Å²) in [5, 5.41) is 20.4. The molecule has 0 radical (unpaired) electrons. The van der Waals surface area contributed by atoms with Gasteiger partial charge in [-0.15, -0.1) is 16.4 Å². The Kier molecular flexibility index (Phi) is 4.74. The Morgan fingerprint density at radius 3 is 2.69 bits per heavy atom. The van der Waals surface area contributed by atoms with Crippen molar-refractivity contribution in [3.63, 3.8) is 0 Å². The fourth-order valence-corrected chi connectivity index (χ4v) is 5.16. The fourth-order valence-electron chi connectivity index (χ4n) is 4.03. The highest BCUT2D eigenvalue weighted by Crippen LogP contribution is 2.40. The topological polar surface area (TPSA) is 117 Å². The van der Waals surface area contributed by atoms with E-state index in [1.54, 1.807) is 6.92 Å². The lowest BCUT2D eigenvalue weighted by Gasteiger charge is -2.07. The molecule has 0 N–H and O–H groups in total. The minimum absolute atomic E-state index is 0.0864. The van der Waals surface area contributed by atoms with Crippen LogP contribution in [0.3, 0.4) is 0 Å². The molecule has 0 saturated carbocycles. The van der Waals surface area contributed by atoms with Crippen molar-refractivity contribution in [3.05, 3.63) is 76.2 Å². The molecule has 0 aliphatic carbocycles. The molecule has 35 heavy (non-hydrogen) atoms. The Bertz CT molecular complexity index is 1760. The van der Waals surface area contributed by atoms with Gasteiger partial charge in [0.1, 0.15) is 40.0 Å². The summed E-state index contributed by atoms with van der Waals surface area (Å²) in [6.07, 6.45) is 0.115. The number of alkyl halides is 2. The lowest BCUT2D eigenvalue weighted by atomic mass is 10.0. The molecule has 0 spiro atoms. The van der Waals surface area contributed by atoms with E-state index in [4.69, 9.17) is 0 Å². The monoisotopic (exact) mass is 492 g/mol. The van der Waals surface area contributed by atoms with Crippen LogP contribution in [-0.4, -0.2) is 39.3 Å². The number of rotatable bonds is 5. The van der Waals surface area contributed by atoms with Crippen LogP contribution in [0.2, 0.25) is 0 Å². The number of aromatic nitrogens is 7. The summed E-state index contributed by atoms with van der Waals surface area (Å²) < 4.78 is 30.8. The zero-order valence-electron chi connectivity index (χ0n) is 18.0. The van der Waals surface area contributed by atoms with Crippen LogP contribution in [-0.2, 0) is 6.54 Å². The van der Waals surface area contributed by atoms with Crippen LogP contribution < -0.4 is 0 Å². The van der Waals surface area contributed by atoms with Crippen LogP contribution >= 0.6 is 11.3 Å². The Labute approximate surface area is 198 Å². The number of hydrogen-bond donors (Lipinski definition) is 0. The van der Waals surface area contributed by atoms with Gasteiger partial charge in [-0.2, -0.15) is 5.10 Å². The average molecular weight is 492 g/mol. The summed E-state index contributed by atoms with van der Waals surface area (Å²) in [4.78, 5) is 24.4. The van der Waals surface area contributed by atoms with Gasteiger partial charge in [0.2, 0.25) is 0 Å². The van der Waals surface area contributed by atoms with Crippen LogP contribution in [0.1, 0.15) is 23.6 Å². The molecule has 5 heterocycles. The van der Waals surface area contributed by atoms with Gasteiger partial charge in [-0.1, -0.05) is 30.3 Å². The Balaban J connectivity index is 1.53. The number of nitro groups is 1. The number of benzene rings is 1. The SMILES string of the molecule is Cc1nn(Cc2nc3c4sc5nc(C(F)F)cc(-c6ccccc6)c5c4ncn3n2)cc1[N+](=O)[O-]. The molecule has 0 aliphatic rings. The maximum absolute atomic E-state index is 13.6. The van der Waals surface area contributed by atoms with Crippen LogP contribution in [0.5, 0.6) is 0 Å². The van der Waals surface area contributed by atoms with E-state index < -0.39 is 11.3 Å². The van der Waals surface area contributed by atoms with E-state index >= 15 is 0 Å². The molecule has 10 nitrogen and oxygen atoms in total. The lowest BCUT2D eigenvalue weighted by Crippen LogP contribution is -2.02. The highest BCUT2D eigenvalue weighted by atomic mass is 32.1. The predicted octanol–water partition coefficient (Wildman–Crippen LogP) is 4.95. The molecule has 0 fully saturated rings. The Hall–Kier alpha value is -4.39. The molecule has 0 atom stereocenters. The number of hydrogen-bond acceptors (Lipinski definition) is 8. The van der Waals surface area contributed by atoms with E-state index in [2.05, 4.69) is 25.1 Å². The van der Waals surface area contributed by atoms with E-state index in [9.17, 15) is 18.9 Å². The fraction of sp³-hybridized carbons (Fsp3) is 0.136. The first-order valence-corrected chi connectivity index (χ1v) is 11.2. The highest BCUT2D eigenvalue weighted by molar-refractivity contribution is 7.26. The molecule has 174 valence electrons. The maximum atomic E-state index is 13.6. The van der Waals surface area contributed by atoms with Crippen molar-refractivity contribution < 1.29 is 13.7 Å². The van der Waals surface area contributed by atoms with E-state index in [0.717, 1.165) is 5.56 Å². The molecule has 1 aromatic carbocycles. The summed E-state index contributed by atoms with van der Waals surface area (Å²) >= 11 is 1.22. The molecule has 13 heteroatoms. The molecule has 0 saturated heterocycles. The minimum Gasteiger partial charge on any atom is -0.258 e. The van der Waals surface area contributed by atoms with Crippen LogP contribution in [0, 0.1) is 17.0 Å². The van der Waals surface area contributed by atoms with Gasteiger partial charge >= 0.3 is 5.69 Å². The summed E-state index contributed by atoms with van der Waals surface area (Å²) in [5.74, 6) is 0.374. The third-order valence-corrected chi connectivity index (χ3v) is 6.63. The van der Waals surface area contributed by atoms with E-state index in [1.807, 2.05) is 30.3 Å². The van der Waals surface area contributed by atoms with Gasteiger partial charge in [0.25, 0.3) is 6.43 Å². The second-order valence-electron chi connectivity index (χ2n) is 7.82. The van der Waals surface area contributed by atoms with Gasteiger partial charge in [0, 0.05) is 5.39 Å². The Morgan fingerprint density at radius 1 is 1.17 bits per heavy atom.